The Balaban J connectivity index is 2.60. The highest BCUT2D eigenvalue weighted by molar-refractivity contribution is 5.75. The minimum atomic E-state index is -0.0317. The van der Waals surface area contributed by atoms with Crippen LogP contribution in [0.2, 0.25) is 0 Å². The molecular formula is C12H12N2O. The lowest BCUT2D eigenvalue weighted by molar-refractivity contribution is 0.861. The van der Waals surface area contributed by atoms with E-state index >= 15 is 0 Å². The molecule has 0 radical (unpaired) electrons. The van der Waals surface area contributed by atoms with Crippen LogP contribution in [0.3, 0.4) is 0 Å². The fourth-order valence-corrected chi connectivity index (χ4v) is 1.48. The Labute approximate surface area is 87.8 Å². The maximum absolute atomic E-state index is 11.4. The van der Waals surface area contributed by atoms with Gasteiger partial charge in [-0.2, -0.15) is 0 Å². The number of para-hydroxylation sites is 1. The zero-order valence-electron chi connectivity index (χ0n) is 8.47. The van der Waals surface area contributed by atoms with E-state index in [1.54, 1.807) is 19.3 Å². The molecule has 0 saturated carbocycles. The van der Waals surface area contributed by atoms with Gasteiger partial charge in [0.2, 0.25) is 0 Å². The number of hydrogen-bond acceptors (Lipinski definition) is 2. The molecule has 0 spiro atoms. The van der Waals surface area contributed by atoms with E-state index < -0.39 is 0 Å². The van der Waals surface area contributed by atoms with Crippen LogP contribution >= 0.6 is 0 Å². The molecule has 3 nitrogen and oxygen atoms in total. The van der Waals surface area contributed by atoms with Gasteiger partial charge < -0.3 is 10.3 Å². The molecule has 0 saturated heterocycles. The molecule has 2 N–H and O–H groups in total. The number of benzene rings is 1. The summed E-state index contributed by atoms with van der Waals surface area (Å²) in [5.41, 5.74) is 8.24. The van der Waals surface area contributed by atoms with Crippen LogP contribution in [0.25, 0.3) is 11.1 Å². The van der Waals surface area contributed by atoms with Gasteiger partial charge in [0.1, 0.15) is 0 Å². The van der Waals surface area contributed by atoms with Crippen molar-refractivity contribution in [3.05, 3.63) is 52.9 Å². The number of nitrogens with zero attached hydrogens (tertiary/aromatic N) is 1. The van der Waals surface area contributed by atoms with Crippen molar-refractivity contribution in [3.8, 4) is 11.1 Å². The average molecular weight is 200 g/mol. The molecule has 76 valence electrons. The summed E-state index contributed by atoms with van der Waals surface area (Å²) in [5.74, 6) is 0. The Hall–Kier alpha value is -2.03. The summed E-state index contributed by atoms with van der Waals surface area (Å²) in [6, 6.07) is 11.0. The third-order valence-electron chi connectivity index (χ3n) is 2.38. The Morgan fingerprint density at radius 1 is 1.20 bits per heavy atom. The Kier molecular flexibility index (Phi) is 2.29. The maximum atomic E-state index is 11.4. The van der Waals surface area contributed by atoms with E-state index in [1.807, 2.05) is 30.3 Å². The van der Waals surface area contributed by atoms with Crippen LogP contribution in [0.1, 0.15) is 0 Å². The lowest BCUT2D eigenvalue weighted by Crippen LogP contribution is -2.14. The van der Waals surface area contributed by atoms with Crippen LogP contribution in [0.5, 0.6) is 0 Å². The van der Waals surface area contributed by atoms with Crippen molar-refractivity contribution in [1.82, 2.24) is 4.57 Å². The van der Waals surface area contributed by atoms with Crippen LogP contribution in [-0.2, 0) is 7.05 Å². The van der Waals surface area contributed by atoms with Gasteiger partial charge in [0.25, 0.3) is 5.56 Å². The molecule has 1 heterocycles. The van der Waals surface area contributed by atoms with E-state index in [9.17, 15) is 4.79 Å². The second-order valence-corrected chi connectivity index (χ2v) is 3.45. The number of hydrogen-bond donors (Lipinski definition) is 1. The zero-order chi connectivity index (χ0) is 10.8. The van der Waals surface area contributed by atoms with Gasteiger partial charge in [-0.15, -0.1) is 0 Å². The summed E-state index contributed by atoms with van der Waals surface area (Å²) in [5, 5.41) is 0. The summed E-state index contributed by atoms with van der Waals surface area (Å²) in [6.45, 7) is 0. The van der Waals surface area contributed by atoms with Gasteiger partial charge in [0.15, 0.2) is 0 Å². The SMILES string of the molecule is Cn1ccc(-c2ccccc2N)cc1=O. The molecule has 0 bridgehead atoms. The van der Waals surface area contributed by atoms with Gasteiger partial charge in [-0.05, 0) is 17.7 Å². The highest BCUT2D eigenvalue weighted by atomic mass is 16.1. The molecule has 1 aromatic carbocycles. The second kappa shape index (κ2) is 3.61. The van der Waals surface area contributed by atoms with Crippen LogP contribution in [0, 0.1) is 0 Å². The fourth-order valence-electron chi connectivity index (χ4n) is 1.48. The second-order valence-electron chi connectivity index (χ2n) is 3.45. The summed E-state index contributed by atoms with van der Waals surface area (Å²) in [7, 11) is 1.72. The van der Waals surface area contributed by atoms with E-state index in [2.05, 4.69) is 0 Å². The minimum absolute atomic E-state index is 0.0317. The first-order valence-electron chi connectivity index (χ1n) is 4.70. The minimum Gasteiger partial charge on any atom is -0.398 e. The molecule has 2 aromatic rings. The molecule has 0 fully saturated rings. The highest BCUT2D eigenvalue weighted by Crippen LogP contribution is 2.23. The van der Waals surface area contributed by atoms with Crippen LogP contribution in [0.4, 0.5) is 5.69 Å². The summed E-state index contributed by atoms with van der Waals surface area (Å²) < 4.78 is 1.53. The van der Waals surface area contributed by atoms with Crippen molar-refractivity contribution >= 4 is 5.69 Å². The number of anilines is 1. The largest absolute Gasteiger partial charge is 0.398 e. The van der Waals surface area contributed by atoms with Gasteiger partial charge in [-0.1, -0.05) is 18.2 Å². The topological polar surface area (TPSA) is 48.0 Å². The van der Waals surface area contributed by atoms with Crippen molar-refractivity contribution in [1.29, 1.82) is 0 Å². The fraction of sp³-hybridized carbons (Fsp3) is 0.0833. The van der Waals surface area contributed by atoms with Crippen molar-refractivity contribution in [3.63, 3.8) is 0 Å². The number of aryl methyl sites for hydroxylation is 1. The third-order valence-corrected chi connectivity index (χ3v) is 2.38. The number of pyridine rings is 1. The van der Waals surface area contributed by atoms with Crippen molar-refractivity contribution in [2.24, 2.45) is 7.05 Å². The van der Waals surface area contributed by atoms with E-state index in [0.717, 1.165) is 11.1 Å². The van der Waals surface area contributed by atoms with Crippen LogP contribution in [-0.4, -0.2) is 4.57 Å². The Morgan fingerprint density at radius 2 is 1.93 bits per heavy atom. The molecule has 1 aromatic heterocycles. The molecule has 0 amide bonds. The van der Waals surface area contributed by atoms with Crippen LogP contribution < -0.4 is 11.3 Å². The van der Waals surface area contributed by atoms with Gasteiger partial charge >= 0.3 is 0 Å². The first kappa shape index (κ1) is 9.52. The molecule has 0 atom stereocenters. The highest BCUT2D eigenvalue weighted by Gasteiger charge is 2.02. The average Bonchev–Trinajstić information content (AvgIpc) is 2.23. The molecule has 0 unspecified atom stereocenters. The van der Waals surface area contributed by atoms with E-state index in [-0.39, 0.29) is 5.56 Å². The van der Waals surface area contributed by atoms with E-state index in [1.165, 1.54) is 4.57 Å². The first-order valence-corrected chi connectivity index (χ1v) is 4.70. The monoisotopic (exact) mass is 200 g/mol. The van der Waals surface area contributed by atoms with Gasteiger partial charge in [0.05, 0.1) is 0 Å². The quantitative estimate of drug-likeness (QED) is 0.711. The van der Waals surface area contributed by atoms with E-state index in [0.29, 0.717) is 5.69 Å². The standard InChI is InChI=1S/C12H12N2O/c1-14-7-6-9(8-12(14)15)10-4-2-3-5-11(10)13/h2-8H,13H2,1H3. The first-order chi connectivity index (χ1) is 7.18. The van der Waals surface area contributed by atoms with Crippen molar-refractivity contribution in [2.45, 2.75) is 0 Å². The number of nitrogen functional groups attached to an aromatic ring is 1. The van der Waals surface area contributed by atoms with Crippen molar-refractivity contribution in [2.75, 3.05) is 5.73 Å². The van der Waals surface area contributed by atoms with Gasteiger partial charge in [-0.3, -0.25) is 4.79 Å². The zero-order valence-corrected chi connectivity index (χ0v) is 8.47. The molecule has 0 aliphatic carbocycles. The molecular weight excluding hydrogens is 188 g/mol. The predicted octanol–water partition coefficient (Wildman–Crippen LogP) is 1.63. The van der Waals surface area contributed by atoms with Crippen LogP contribution in [0.15, 0.2) is 47.4 Å². The number of aromatic nitrogens is 1. The Morgan fingerprint density at radius 3 is 2.60 bits per heavy atom. The number of nitrogens with two attached hydrogens (primary N) is 1. The smallest absolute Gasteiger partial charge is 0.250 e. The molecule has 0 aliphatic heterocycles. The Bertz CT molecular complexity index is 543. The molecule has 0 aliphatic rings. The van der Waals surface area contributed by atoms with Gasteiger partial charge in [-0.25, -0.2) is 0 Å². The lowest BCUT2D eigenvalue weighted by Gasteiger charge is -2.05. The van der Waals surface area contributed by atoms with Gasteiger partial charge in [0, 0.05) is 30.6 Å². The van der Waals surface area contributed by atoms with Crippen molar-refractivity contribution < 1.29 is 0 Å². The summed E-state index contributed by atoms with van der Waals surface area (Å²) in [4.78, 5) is 11.4. The lowest BCUT2D eigenvalue weighted by atomic mass is 10.1. The summed E-state index contributed by atoms with van der Waals surface area (Å²) in [6.07, 6.45) is 1.74. The maximum Gasteiger partial charge on any atom is 0.250 e. The predicted molar refractivity (Wildman–Crippen MR) is 61.5 cm³/mol. The third kappa shape index (κ3) is 1.76. The normalized spacial score (nSPS) is 10.2. The molecule has 3 heteroatoms. The number of rotatable bonds is 1. The molecule has 15 heavy (non-hydrogen) atoms. The van der Waals surface area contributed by atoms with E-state index in [4.69, 9.17) is 5.73 Å². The summed E-state index contributed by atoms with van der Waals surface area (Å²) >= 11 is 0. The molecule has 2 rings (SSSR count).